The van der Waals surface area contributed by atoms with Gasteiger partial charge in [-0.1, -0.05) is 18.5 Å². The smallest absolute Gasteiger partial charge is 0.410 e. The van der Waals surface area contributed by atoms with Gasteiger partial charge in [0, 0.05) is 31.1 Å². The number of cyclic esters (lactones) is 1. The van der Waals surface area contributed by atoms with Gasteiger partial charge < -0.3 is 15.0 Å². The number of hydrogen-bond donors (Lipinski definition) is 1. The molecule has 1 N–H and O–H groups in total. The van der Waals surface area contributed by atoms with Crippen LogP contribution < -0.4 is 5.32 Å². The highest BCUT2D eigenvalue weighted by atomic mass is 35.5. The summed E-state index contributed by atoms with van der Waals surface area (Å²) in [6.45, 7) is 3.31. The molecule has 7 nitrogen and oxygen atoms in total. The van der Waals surface area contributed by atoms with Crippen LogP contribution in [0.3, 0.4) is 0 Å². The lowest BCUT2D eigenvalue weighted by Crippen LogP contribution is -2.53. The van der Waals surface area contributed by atoms with Crippen molar-refractivity contribution in [3.63, 3.8) is 0 Å². The lowest BCUT2D eigenvalue weighted by atomic mass is 10.1. The summed E-state index contributed by atoms with van der Waals surface area (Å²) in [5, 5.41) is 3.16. The van der Waals surface area contributed by atoms with Crippen molar-refractivity contribution in [3.8, 4) is 0 Å². The molecule has 1 unspecified atom stereocenters. The van der Waals surface area contributed by atoms with E-state index in [4.69, 9.17) is 16.3 Å². The topological polar surface area (TPSA) is 79.0 Å². The number of anilines is 1. The van der Waals surface area contributed by atoms with Crippen LogP contribution in [0.4, 0.5) is 10.5 Å². The van der Waals surface area contributed by atoms with Crippen molar-refractivity contribution in [1.82, 2.24) is 9.80 Å². The van der Waals surface area contributed by atoms with E-state index in [1.807, 2.05) is 0 Å². The number of hydrogen-bond acceptors (Lipinski definition) is 4. The van der Waals surface area contributed by atoms with Crippen LogP contribution in [0.15, 0.2) is 18.2 Å². The number of piperazine rings is 1. The highest BCUT2D eigenvalue weighted by Crippen LogP contribution is 2.25. The van der Waals surface area contributed by atoms with Crippen LogP contribution in [0.25, 0.3) is 0 Å². The van der Waals surface area contributed by atoms with Crippen molar-refractivity contribution in [2.45, 2.75) is 19.4 Å². The molecule has 0 aliphatic carbocycles. The number of nitrogens with one attached hydrogen (secondary N) is 1. The van der Waals surface area contributed by atoms with Crippen LogP contribution >= 0.6 is 11.6 Å². The van der Waals surface area contributed by atoms with E-state index in [-0.39, 0.29) is 23.9 Å². The first kappa shape index (κ1) is 16.6. The lowest BCUT2D eigenvalue weighted by Gasteiger charge is -2.35. The average Bonchev–Trinajstić information content (AvgIpc) is 2.95. The molecule has 1 atom stereocenters. The number of rotatable bonds is 3. The number of benzene rings is 1. The van der Waals surface area contributed by atoms with E-state index in [2.05, 4.69) is 5.32 Å². The zero-order valence-corrected chi connectivity index (χ0v) is 14.0. The van der Waals surface area contributed by atoms with E-state index in [9.17, 15) is 14.4 Å². The van der Waals surface area contributed by atoms with E-state index in [1.54, 1.807) is 34.9 Å². The highest BCUT2D eigenvalue weighted by Gasteiger charge is 2.39. The minimum Gasteiger partial charge on any atom is -0.447 e. The Morgan fingerprint density at radius 1 is 1.38 bits per heavy atom. The van der Waals surface area contributed by atoms with E-state index >= 15 is 0 Å². The molecule has 2 aliphatic heterocycles. The van der Waals surface area contributed by atoms with Crippen LogP contribution in [0.5, 0.6) is 0 Å². The summed E-state index contributed by atoms with van der Waals surface area (Å²) >= 11 is 5.99. The van der Waals surface area contributed by atoms with Crippen LogP contribution in [0, 0.1) is 0 Å². The average molecular weight is 352 g/mol. The molecule has 0 saturated carbocycles. The second-order valence-corrected chi connectivity index (χ2v) is 6.20. The zero-order chi connectivity index (χ0) is 17.3. The van der Waals surface area contributed by atoms with Gasteiger partial charge in [0.25, 0.3) is 5.91 Å². The number of fused-ring (bicyclic) bond motifs is 1. The Kier molecular flexibility index (Phi) is 4.62. The maximum Gasteiger partial charge on any atom is 0.410 e. The Balaban J connectivity index is 1.80. The fraction of sp³-hybridized carbons (Fsp3) is 0.438. The van der Waals surface area contributed by atoms with Crippen molar-refractivity contribution in [2.75, 3.05) is 31.6 Å². The number of carbonyl (C=O) groups is 3. The number of amides is 3. The molecular formula is C16H18ClN3O4. The monoisotopic (exact) mass is 351 g/mol. The Bertz CT molecular complexity index is 694. The van der Waals surface area contributed by atoms with Crippen molar-refractivity contribution in [1.29, 1.82) is 0 Å². The number of halogens is 1. The fourth-order valence-corrected chi connectivity index (χ4v) is 3.06. The van der Waals surface area contributed by atoms with Gasteiger partial charge in [0.2, 0.25) is 5.91 Å². The van der Waals surface area contributed by atoms with Gasteiger partial charge in [0.15, 0.2) is 0 Å². The Morgan fingerprint density at radius 3 is 2.92 bits per heavy atom. The van der Waals surface area contributed by atoms with Gasteiger partial charge in [-0.15, -0.1) is 0 Å². The minimum atomic E-state index is -0.325. The third-order valence-corrected chi connectivity index (χ3v) is 4.45. The molecule has 24 heavy (non-hydrogen) atoms. The Hall–Kier alpha value is -2.28. The molecule has 1 aromatic rings. The summed E-state index contributed by atoms with van der Waals surface area (Å²) in [5.41, 5.74) is 0.792. The lowest BCUT2D eigenvalue weighted by molar-refractivity contribution is -0.115. The van der Waals surface area contributed by atoms with E-state index in [0.717, 1.165) is 0 Å². The first-order valence-corrected chi connectivity index (χ1v) is 8.19. The molecule has 8 heteroatoms. The van der Waals surface area contributed by atoms with Crippen molar-refractivity contribution in [3.05, 3.63) is 28.8 Å². The SMILES string of the molecule is CCC(=O)Nc1cc(Cl)ccc1C(=O)N1CCN2C(=O)OCC2C1. The van der Waals surface area contributed by atoms with Crippen molar-refractivity contribution in [2.24, 2.45) is 0 Å². The van der Waals surface area contributed by atoms with Crippen LogP contribution in [0.1, 0.15) is 23.7 Å². The first-order valence-electron chi connectivity index (χ1n) is 7.81. The minimum absolute atomic E-state index is 0.115. The van der Waals surface area contributed by atoms with Crippen LogP contribution in [-0.4, -0.2) is 60.0 Å². The molecule has 128 valence electrons. The summed E-state index contributed by atoms with van der Waals surface area (Å²) in [5.74, 6) is -0.386. The van der Waals surface area contributed by atoms with Crippen molar-refractivity contribution < 1.29 is 19.1 Å². The van der Waals surface area contributed by atoms with Gasteiger partial charge in [-0.3, -0.25) is 14.5 Å². The van der Waals surface area contributed by atoms with Gasteiger partial charge in [0.05, 0.1) is 17.3 Å². The molecule has 2 heterocycles. The summed E-state index contributed by atoms with van der Waals surface area (Å²) < 4.78 is 5.01. The third kappa shape index (κ3) is 3.17. The second kappa shape index (κ2) is 6.68. The Labute approximate surface area is 144 Å². The standard InChI is InChI=1S/C16H18ClN3O4/c1-2-14(21)18-13-7-10(17)3-4-12(13)15(22)19-5-6-20-11(8-19)9-24-16(20)23/h3-4,7,11H,2,5-6,8-9H2,1H3,(H,18,21). The molecule has 3 rings (SSSR count). The largest absolute Gasteiger partial charge is 0.447 e. The third-order valence-electron chi connectivity index (χ3n) is 4.21. The quantitative estimate of drug-likeness (QED) is 0.903. The first-order chi connectivity index (χ1) is 11.5. The number of ether oxygens (including phenoxy) is 1. The van der Waals surface area contributed by atoms with Gasteiger partial charge in [0.1, 0.15) is 6.61 Å². The molecule has 3 amide bonds. The van der Waals surface area contributed by atoms with Gasteiger partial charge in [-0.05, 0) is 18.2 Å². The fourth-order valence-electron chi connectivity index (χ4n) is 2.89. The Morgan fingerprint density at radius 2 is 2.17 bits per heavy atom. The predicted octanol–water partition coefficient (Wildman–Crippen LogP) is 1.97. The molecule has 0 bridgehead atoms. The van der Waals surface area contributed by atoms with Gasteiger partial charge in [-0.25, -0.2) is 4.79 Å². The summed E-state index contributed by atoms with van der Waals surface area (Å²) in [4.78, 5) is 39.4. The number of nitrogens with zero attached hydrogens (tertiary/aromatic N) is 2. The normalized spacial score (nSPS) is 19.8. The van der Waals surface area contributed by atoms with Crippen molar-refractivity contribution >= 4 is 35.2 Å². The van der Waals surface area contributed by atoms with Gasteiger partial charge >= 0.3 is 6.09 Å². The maximum atomic E-state index is 12.9. The summed E-state index contributed by atoms with van der Waals surface area (Å²) in [6, 6.07) is 4.69. The summed E-state index contributed by atoms with van der Waals surface area (Å²) in [6.07, 6.45) is -0.0187. The number of carbonyl (C=O) groups excluding carboxylic acids is 3. The molecular weight excluding hydrogens is 334 g/mol. The second-order valence-electron chi connectivity index (χ2n) is 5.77. The maximum absolute atomic E-state index is 12.9. The molecule has 0 radical (unpaired) electrons. The molecule has 0 spiro atoms. The molecule has 2 aliphatic rings. The summed E-state index contributed by atoms with van der Waals surface area (Å²) in [7, 11) is 0. The van der Waals surface area contributed by atoms with E-state index in [1.165, 1.54) is 0 Å². The van der Waals surface area contributed by atoms with Crippen LogP contribution in [-0.2, 0) is 9.53 Å². The van der Waals surface area contributed by atoms with Gasteiger partial charge in [-0.2, -0.15) is 0 Å². The van der Waals surface area contributed by atoms with E-state index < -0.39 is 0 Å². The zero-order valence-electron chi connectivity index (χ0n) is 13.3. The predicted molar refractivity (Wildman–Crippen MR) is 88.1 cm³/mol. The highest BCUT2D eigenvalue weighted by molar-refractivity contribution is 6.31. The molecule has 0 aromatic heterocycles. The molecule has 2 saturated heterocycles. The van der Waals surface area contributed by atoms with Crippen LogP contribution in [0.2, 0.25) is 5.02 Å². The molecule has 1 aromatic carbocycles. The molecule has 2 fully saturated rings. The van der Waals surface area contributed by atoms with E-state index in [0.29, 0.717) is 48.9 Å².